The molecule has 2 N–H and O–H groups in total. The Morgan fingerprint density at radius 2 is 2.21 bits per heavy atom. The topological polar surface area (TPSA) is 67.0 Å². The van der Waals surface area contributed by atoms with E-state index in [0.29, 0.717) is 18.2 Å². The van der Waals surface area contributed by atoms with Crippen molar-refractivity contribution < 1.29 is 4.74 Å². The summed E-state index contributed by atoms with van der Waals surface area (Å²) in [6, 6.07) is 7.23. The average Bonchev–Trinajstić information content (AvgIpc) is 2.33. The second-order valence-electron chi connectivity index (χ2n) is 4.11. The summed E-state index contributed by atoms with van der Waals surface area (Å²) in [6.07, 6.45) is 0. The first kappa shape index (κ1) is 13.8. The molecule has 0 aliphatic carbocycles. The quantitative estimate of drug-likeness (QED) is 0.907. The highest BCUT2D eigenvalue weighted by Crippen LogP contribution is 2.21. The van der Waals surface area contributed by atoms with E-state index in [1.807, 2.05) is 25.1 Å². The number of nitrogens with one attached hydrogen (secondary N) is 2. The zero-order valence-corrected chi connectivity index (χ0v) is 12.2. The van der Waals surface area contributed by atoms with E-state index >= 15 is 0 Å². The van der Waals surface area contributed by atoms with Crippen molar-refractivity contribution >= 4 is 27.6 Å². The number of aromatic nitrogens is 2. The number of nitrogens with zero attached hydrogens (tertiary/aromatic N) is 1. The van der Waals surface area contributed by atoms with Gasteiger partial charge in [0, 0.05) is 23.3 Å². The second kappa shape index (κ2) is 5.99. The molecule has 0 spiro atoms. The molecule has 0 bridgehead atoms. The van der Waals surface area contributed by atoms with Crippen molar-refractivity contribution in [1.82, 2.24) is 9.97 Å². The second-order valence-corrected chi connectivity index (χ2v) is 4.96. The first-order valence-electron chi connectivity index (χ1n) is 5.71. The third kappa shape index (κ3) is 3.65. The lowest BCUT2D eigenvalue weighted by atomic mass is 10.2. The zero-order valence-electron chi connectivity index (χ0n) is 10.7. The van der Waals surface area contributed by atoms with Gasteiger partial charge in [-0.3, -0.25) is 9.78 Å². The van der Waals surface area contributed by atoms with Crippen LogP contribution in [0.5, 0.6) is 0 Å². The van der Waals surface area contributed by atoms with Crippen LogP contribution < -0.4 is 10.9 Å². The Hall–Kier alpha value is -1.66. The Labute approximate surface area is 119 Å². The van der Waals surface area contributed by atoms with Crippen molar-refractivity contribution in [2.75, 3.05) is 12.4 Å². The van der Waals surface area contributed by atoms with Gasteiger partial charge in [-0.15, -0.1) is 0 Å². The Bertz CT molecular complexity index is 640. The van der Waals surface area contributed by atoms with Crippen LogP contribution in [0.25, 0.3) is 0 Å². The highest BCUT2D eigenvalue weighted by molar-refractivity contribution is 9.10. The lowest BCUT2D eigenvalue weighted by molar-refractivity contribution is 0.181. The van der Waals surface area contributed by atoms with Gasteiger partial charge in [-0.05, 0) is 30.7 Å². The standard InChI is InChI=1S/C13H14BrN3O2/c1-8-5-9(3-4-11(8)14)15-13-16-10(7-19-2)6-12(18)17-13/h3-6H,7H2,1-2H3,(H2,15,16,17,18). The summed E-state index contributed by atoms with van der Waals surface area (Å²) >= 11 is 3.44. The molecule has 0 saturated heterocycles. The molecular weight excluding hydrogens is 310 g/mol. The number of hydrogen-bond donors (Lipinski definition) is 2. The first-order chi connectivity index (χ1) is 9.08. The van der Waals surface area contributed by atoms with E-state index in [2.05, 4.69) is 31.2 Å². The summed E-state index contributed by atoms with van der Waals surface area (Å²) in [6.45, 7) is 2.30. The highest BCUT2D eigenvalue weighted by atomic mass is 79.9. The number of ether oxygens (including phenoxy) is 1. The van der Waals surface area contributed by atoms with Gasteiger partial charge in [0.25, 0.3) is 5.56 Å². The average molecular weight is 324 g/mol. The summed E-state index contributed by atoms with van der Waals surface area (Å²) in [7, 11) is 1.56. The normalized spacial score (nSPS) is 10.5. The minimum absolute atomic E-state index is 0.210. The fourth-order valence-electron chi connectivity index (χ4n) is 1.65. The Balaban J connectivity index is 2.27. The van der Waals surface area contributed by atoms with Gasteiger partial charge in [0.2, 0.25) is 5.95 Å². The molecule has 0 unspecified atom stereocenters. The number of halogens is 1. The van der Waals surface area contributed by atoms with E-state index < -0.39 is 0 Å². The summed E-state index contributed by atoms with van der Waals surface area (Å²) in [5, 5.41) is 3.07. The molecule has 1 heterocycles. The predicted octanol–water partition coefficient (Wildman–Crippen LogP) is 2.73. The van der Waals surface area contributed by atoms with Gasteiger partial charge in [0.05, 0.1) is 12.3 Å². The number of H-pyrrole nitrogens is 1. The maximum Gasteiger partial charge on any atom is 0.252 e. The van der Waals surface area contributed by atoms with Gasteiger partial charge in [-0.2, -0.15) is 0 Å². The smallest absolute Gasteiger partial charge is 0.252 e. The van der Waals surface area contributed by atoms with Crippen molar-refractivity contribution in [3.05, 3.63) is 50.3 Å². The molecule has 2 aromatic rings. The Kier molecular flexibility index (Phi) is 4.34. The largest absolute Gasteiger partial charge is 0.378 e. The van der Waals surface area contributed by atoms with E-state index in [-0.39, 0.29) is 5.56 Å². The van der Waals surface area contributed by atoms with Crippen molar-refractivity contribution in [2.24, 2.45) is 0 Å². The number of benzene rings is 1. The zero-order chi connectivity index (χ0) is 13.8. The summed E-state index contributed by atoms with van der Waals surface area (Å²) in [5.74, 6) is 0.404. The molecule has 1 aromatic heterocycles. The van der Waals surface area contributed by atoms with Crippen molar-refractivity contribution in [2.45, 2.75) is 13.5 Å². The number of anilines is 2. The molecular formula is C13H14BrN3O2. The van der Waals surface area contributed by atoms with Crippen LogP contribution in [-0.4, -0.2) is 17.1 Å². The SMILES string of the molecule is COCc1cc(=O)[nH]c(Nc2ccc(Br)c(C)c2)n1. The number of aromatic amines is 1. The van der Waals surface area contributed by atoms with Crippen molar-refractivity contribution in [3.8, 4) is 0 Å². The summed E-state index contributed by atoms with van der Waals surface area (Å²) < 4.78 is 6.01. The van der Waals surface area contributed by atoms with Gasteiger partial charge in [0.15, 0.2) is 0 Å². The molecule has 0 radical (unpaired) electrons. The van der Waals surface area contributed by atoms with Crippen LogP contribution in [0, 0.1) is 6.92 Å². The molecule has 0 fully saturated rings. The van der Waals surface area contributed by atoms with E-state index in [1.165, 1.54) is 6.07 Å². The molecule has 5 nitrogen and oxygen atoms in total. The maximum atomic E-state index is 11.5. The minimum atomic E-state index is -0.210. The molecule has 19 heavy (non-hydrogen) atoms. The molecule has 6 heteroatoms. The fourth-order valence-corrected chi connectivity index (χ4v) is 1.89. The van der Waals surface area contributed by atoms with Crippen LogP contribution in [0.2, 0.25) is 0 Å². The van der Waals surface area contributed by atoms with E-state index in [9.17, 15) is 4.79 Å². The lowest BCUT2D eigenvalue weighted by Gasteiger charge is -2.08. The van der Waals surface area contributed by atoms with Crippen LogP contribution in [0.3, 0.4) is 0 Å². The van der Waals surface area contributed by atoms with E-state index in [1.54, 1.807) is 7.11 Å². The number of methoxy groups -OCH3 is 1. The molecule has 0 atom stereocenters. The molecule has 2 rings (SSSR count). The van der Waals surface area contributed by atoms with Crippen LogP contribution in [-0.2, 0) is 11.3 Å². The molecule has 0 amide bonds. The van der Waals surface area contributed by atoms with Gasteiger partial charge in [-0.25, -0.2) is 4.98 Å². The van der Waals surface area contributed by atoms with Crippen molar-refractivity contribution in [1.29, 1.82) is 0 Å². The van der Waals surface area contributed by atoms with E-state index in [4.69, 9.17) is 4.74 Å². The van der Waals surface area contributed by atoms with Crippen molar-refractivity contribution in [3.63, 3.8) is 0 Å². The monoisotopic (exact) mass is 323 g/mol. The minimum Gasteiger partial charge on any atom is -0.378 e. The molecule has 1 aromatic carbocycles. The maximum absolute atomic E-state index is 11.5. The molecule has 100 valence electrons. The van der Waals surface area contributed by atoms with Gasteiger partial charge in [-0.1, -0.05) is 15.9 Å². The number of aryl methyl sites for hydroxylation is 1. The van der Waals surface area contributed by atoms with Gasteiger partial charge < -0.3 is 10.1 Å². The van der Waals surface area contributed by atoms with E-state index in [0.717, 1.165) is 15.7 Å². The summed E-state index contributed by atoms with van der Waals surface area (Å²) in [4.78, 5) is 18.4. The van der Waals surface area contributed by atoms with Crippen LogP contribution in [0.15, 0.2) is 33.5 Å². The highest BCUT2D eigenvalue weighted by Gasteiger charge is 2.03. The third-order valence-electron chi connectivity index (χ3n) is 2.51. The molecule has 0 aliphatic rings. The first-order valence-corrected chi connectivity index (χ1v) is 6.50. The van der Waals surface area contributed by atoms with Crippen LogP contribution >= 0.6 is 15.9 Å². The lowest BCUT2D eigenvalue weighted by Crippen LogP contribution is -2.12. The number of rotatable bonds is 4. The predicted molar refractivity (Wildman–Crippen MR) is 77.7 cm³/mol. The Morgan fingerprint density at radius 3 is 2.89 bits per heavy atom. The van der Waals surface area contributed by atoms with Gasteiger partial charge >= 0.3 is 0 Å². The number of hydrogen-bond acceptors (Lipinski definition) is 4. The van der Waals surface area contributed by atoms with Crippen LogP contribution in [0.1, 0.15) is 11.3 Å². The molecule has 0 saturated carbocycles. The third-order valence-corrected chi connectivity index (χ3v) is 3.40. The molecule has 0 aliphatic heterocycles. The Morgan fingerprint density at radius 1 is 1.42 bits per heavy atom. The van der Waals surface area contributed by atoms with Gasteiger partial charge in [0.1, 0.15) is 0 Å². The van der Waals surface area contributed by atoms with Crippen LogP contribution in [0.4, 0.5) is 11.6 Å². The fraction of sp³-hybridized carbons (Fsp3) is 0.231. The summed E-state index contributed by atoms with van der Waals surface area (Å²) in [5.41, 5.74) is 2.33.